The molecule has 106 valence electrons. The van der Waals surface area contributed by atoms with Crippen molar-refractivity contribution in [1.82, 2.24) is 9.80 Å². The summed E-state index contributed by atoms with van der Waals surface area (Å²) in [6.07, 6.45) is 0.375. The predicted molar refractivity (Wildman–Crippen MR) is 73.1 cm³/mol. The quantitative estimate of drug-likeness (QED) is 0.753. The Morgan fingerprint density at radius 1 is 1.25 bits per heavy atom. The van der Waals surface area contributed by atoms with E-state index in [4.69, 9.17) is 4.74 Å². The van der Waals surface area contributed by atoms with Crippen LogP contribution in [0.25, 0.3) is 0 Å². The lowest BCUT2D eigenvalue weighted by atomic mass is 9.91. The summed E-state index contributed by atoms with van der Waals surface area (Å²) in [6, 6.07) is 7.21. The summed E-state index contributed by atoms with van der Waals surface area (Å²) < 4.78 is 5.28. The monoisotopic (exact) mass is 274 g/mol. The van der Waals surface area contributed by atoms with Crippen molar-refractivity contribution in [1.29, 1.82) is 0 Å². The topological polar surface area (TPSA) is 49.9 Å². The van der Waals surface area contributed by atoms with Crippen molar-refractivity contribution in [2.24, 2.45) is 0 Å². The van der Waals surface area contributed by atoms with Gasteiger partial charge in [0.2, 0.25) is 11.8 Å². The first-order valence-electron chi connectivity index (χ1n) is 6.88. The van der Waals surface area contributed by atoms with Gasteiger partial charge in [0.25, 0.3) is 0 Å². The molecule has 3 rings (SSSR count). The summed E-state index contributed by atoms with van der Waals surface area (Å²) in [5, 5.41) is 0. The molecule has 1 atom stereocenters. The zero-order valence-corrected chi connectivity index (χ0v) is 11.5. The molecule has 0 spiro atoms. The molecule has 0 saturated carbocycles. The number of hydrogen-bond acceptors (Lipinski definition) is 3. The van der Waals surface area contributed by atoms with Crippen LogP contribution < -0.4 is 0 Å². The fourth-order valence-electron chi connectivity index (χ4n) is 2.86. The van der Waals surface area contributed by atoms with Gasteiger partial charge in [0.1, 0.15) is 6.04 Å². The Balaban J connectivity index is 1.94. The van der Waals surface area contributed by atoms with Gasteiger partial charge in [-0.05, 0) is 11.1 Å². The van der Waals surface area contributed by atoms with Gasteiger partial charge < -0.3 is 14.5 Å². The SMILES string of the molecule is CN1C(=O)Cc2ccccc2C1C(=O)N1CCOCC1. The molecule has 2 aliphatic heterocycles. The van der Waals surface area contributed by atoms with Crippen LogP contribution in [-0.2, 0) is 20.7 Å². The molecule has 1 aromatic rings. The number of nitrogens with zero attached hydrogens (tertiary/aromatic N) is 2. The van der Waals surface area contributed by atoms with Crippen molar-refractivity contribution in [3.05, 3.63) is 35.4 Å². The summed E-state index contributed by atoms with van der Waals surface area (Å²) in [7, 11) is 1.71. The highest BCUT2D eigenvalue weighted by Crippen LogP contribution is 2.30. The zero-order chi connectivity index (χ0) is 14.1. The van der Waals surface area contributed by atoms with E-state index in [1.807, 2.05) is 24.3 Å². The Morgan fingerprint density at radius 2 is 1.95 bits per heavy atom. The van der Waals surface area contributed by atoms with Crippen LogP contribution in [0.15, 0.2) is 24.3 Å². The largest absolute Gasteiger partial charge is 0.378 e. The molecule has 5 heteroatoms. The molecule has 1 unspecified atom stereocenters. The Kier molecular flexibility index (Phi) is 3.44. The van der Waals surface area contributed by atoms with Crippen LogP contribution in [0.5, 0.6) is 0 Å². The number of carbonyl (C=O) groups is 2. The molecule has 0 bridgehead atoms. The number of benzene rings is 1. The average Bonchev–Trinajstić information content (AvgIpc) is 2.49. The average molecular weight is 274 g/mol. The summed E-state index contributed by atoms with van der Waals surface area (Å²) >= 11 is 0. The lowest BCUT2D eigenvalue weighted by Gasteiger charge is -2.37. The number of ether oxygens (including phenoxy) is 1. The number of fused-ring (bicyclic) bond motifs is 1. The van der Waals surface area contributed by atoms with Crippen molar-refractivity contribution < 1.29 is 14.3 Å². The molecule has 0 N–H and O–H groups in total. The zero-order valence-electron chi connectivity index (χ0n) is 11.5. The Morgan fingerprint density at radius 3 is 2.70 bits per heavy atom. The van der Waals surface area contributed by atoms with E-state index in [2.05, 4.69) is 0 Å². The van der Waals surface area contributed by atoms with E-state index in [0.717, 1.165) is 11.1 Å². The minimum Gasteiger partial charge on any atom is -0.378 e. The molecule has 0 radical (unpaired) electrons. The number of likely N-dealkylation sites (N-methyl/N-ethyl adjacent to an activating group) is 1. The number of amides is 2. The second-order valence-electron chi connectivity index (χ2n) is 5.22. The van der Waals surface area contributed by atoms with Gasteiger partial charge in [0, 0.05) is 20.1 Å². The molecular formula is C15H18N2O3. The van der Waals surface area contributed by atoms with Crippen LogP contribution in [0.3, 0.4) is 0 Å². The Bertz CT molecular complexity index is 538. The third-order valence-corrected chi connectivity index (χ3v) is 4.03. The van der Waals surface area contributed by atoms with Gasteiger partial charge in [-0.1, -0.05) is 24.3 Å². The lowest BCUT2D eigenvalue weighted by molar-refractivity contribution is -0.148. The van der Waals surface area contributed by atoms with E-state index in [1.165, 1.54) is 0 Å². The van der Waals surface area contributed by atoms with E-state index in [-0.39, 0.29) is 11.8 Å². The maximum atomic E-state index is 12.7. The number of hydrogen-bond donors (Lipinski definition) is 0. The second-order valence-corrected chi connectivity index (χ2v) is 5.22. The van der Waals surface area contributed by atoms with E-state index in [0.29, 0.717) is 32.7 Å². The highest BCUT2D eigenvalue weighted by Gasteiger charge is 2.37. The predicted octanol–water partition coefficient (Wildman–Crippen LogP) is 0.601. The number of rotatable bonds is 1. The molecule has 1 aromatic carbocycles. The maximum absolute atomic E-state index is 12.7. The first-order chi connectivity index (χ1) is 9.68. The molecule has 5 nitrogen and oxygen atoms in total. The van der Waals surface area contributed by atoms with Gasteiger partial charge in [-0.15, -0.1) is 0 Å². The van der Waals surface area contributed by atoms with Crippen molar-refractivity contribution in [2.45, 2.75) is 12.5 Å². The van der Waals surface area contributed by atoms with Crippen LogP contribution >= 0.6 is 0 Å². The fraction of sp³-hybridized carbons (Fsp3) is 0.467. The summed E-state index contributed by atoms with van der Waals surface area (Å²) in [5.41, 5.74) is 1.91. The first kappa shape index (κ1) is 13.1. The molecule has 0 aromatic heterocycles. The summed E-state index contributed by atoms with van der Waals surface area (Å²) in [4.78, 5) is 28.2. The summed E-state index contributed by atoms with van der Waals surface area (Å²) in [5.74, 6) is -0.00777. The minimum atomic E-state index is -0.495. The first-order valence-corrected chi connectivity index (χ1v) is 6.88. The molecule has 2 aliphatic rings. The number of morpholine rings is 1. The highest BCUT2D eigenvalue weighted by atomic mass is 16.5. The van der Waals surface area contributed by atoms with Gasteiger partial charge in [0.05, 0.1) is 19.6 Å². The lowest BCUT2D eigenvalue weighted by Crippen LogP contribution is -2.50. The van der Waals surface area contributed by atoms with Crippen LogP contribution in [0, 0.1) is 0 Å². The third kappa shape index (κ3) is 2.18. The standard InChI is InChI=1S/C15H18N2O3/c1-16-13(18)10-11-4-2-3-5-12(11)14(16)15(19)17-6-8-20-9-7-17/h2-5,14H,6-10H2,1H3. The van der Waals surface area contributed by atoms with Gasteiger partial charge in [-0.3, -0.25) is 9.59 Å². The van der Waals surface area contributed by atoms with Crippen molar-refractivity contribution in [2.75, 3.05) is 33.4 Å². The van der Waals surface area contributed by atoms with E-state index < -0.39 is 6.04 Å². The van der Waals surface area contributed by atoms with Crippen LogP contribution in [0.4, 0.5) is 0 Å². The van der Waals surface area contributed by atoms with Crippen molar-refractivity contribution >= 4 is 11.8 Å². The van der Waals surface area contributed by atoms with Crippen molar-refractivity contribution in [3.63, 3.8) is 0 Å². The smallest absolute Gasteiger partial charge is 0.250 e. The van der Waals surface area contributed by atoms with Crippen LogP contribution in [-0.4, -0.2) is 55.0 Å². The van der Waals surface area contributed by atoms with Gasteiger partial charge in [0.15, 0.2) is 0 Å². The van der Waals surface area contributed by atoms with E-state index in [1.54, 1.807) is 16.8 Å². The summed E-state index contributed by atoms with van der Waals surface area (Å²) in [6.45, 7) is 2.33. The molecule has 0 aliphatic carbocycles. The normalized spacial score (nSPS) is 22.6. The molecule has 2 heterocycles. The van der Waals surface area contributed by atoms with Gasteiger partial charge in [-0.2, -0.15) is 0 Å². The van der Waals surface area contributed by atoms with Crippen LogP contribution in [0.1, 0.15) is 17.2 Å². The molecular weight excluding hydrogens is 256 g/mol. The Hall–Kier alpha value is -1.88. The third-order valence-electron chi connectivity index (χ3n) is 4.03. The van der Waals surface area contributed by atoms with Crippen molar-refractivity contribution in [3.8, 4) is 0 Å². The molecule has 1 fully saturated rings. The molecule has 2 amide bonds. The van der Waals surface area contributed by atoms with Gasteiger partial charge >= 0.3 is 0 Å². The van der Waals surface area contributed by atoms with E-state index >= 15 is 0 Å². The highest BCUT2D eigenvalue weighted by molar-refractivity contribution is 5.92. The number of carbonyl (C=O) groups excluding carboxylic acids is 2. The Labute approximate surface area is 118 Å². The van der Waals surface area contributed by atoms with Crippen LogP contribution in [0.2, 0.25) is 0 Å². The molecule has 1 saturated heterocycles. The van der Waals surface area contributed by atoms with Gasteiger partial charge in [-0.25, -0.2) is 0 Å². The maximum Gasteiger partial charge on any atom is 0.250 e. The fourth-order valence-corrected chi connectivity index (χ4v) is 2.86. The van der Waals surface area contributed by atoms with E-state index in [9.17, 15) is 9.59 Å². The minimum absolute atomic E-state index is 0.00343. The second kappa shape index (κ2) is 5.25. The molecule has 20 heavy (non-hydrogen) atoms.